The van der Waals surface area contributed by atoms with Crippen LogP contribution in [0.2, 0.25) is 0 Å². The lowest BCUT2D eigenvalue weighted by molar-refractivity contribution is 0.262. The summed E-state index contributed by atoms with van der Waals surface area (Å²) in [4.78, 5) is 12.0. The zero-order valence-corrected chi connectivity index (χ0v) is 12.9. The fourth-order valence-electron chi connectivity index (χ4n) is 2.38. The first-order chi connectivity index (χ1) is 10.6. The lowest BCUT2D eigenvalue weighted by Crippen LogP contribution is -2.19. The van der Waals surface area contributed by atoms with Crippen LogP contribution in [0.4, 0.5) is 20.6 Å². The van der Waals surface area contributed by atoms with Crippen molar-refractivity contribution in [1.82, 2.24) is 0 Å². The summed E-state index contributed by atoms with van der Waals surface area (Å²) in [5.74, 6) is 0.0752. The summed E-state index contributed by atoms with van der Waals surface area (Å²) in [7, 11) is 0. The van der Waals surface area contributed by atoms with Crippen molar-refractivity contribution in [3.05, 3.63) is 59.9 Å². The van der Waals surface area contributed by atoms with Gasteiger partial charge in [-0.25, -0.2) is 9.18 Å². The molecule has 2 aromatic carbocycles. The largest absolute Gasteiger partial charge is 0.323 e. The first kappa shape index (κ1) is 16.0. The van der Waals surface area contributed by atoms with Gasteiger partial charge in [0, 0.05) is 11.4 Å². The van der Waals surface area contributed by atoms with Gasteiger partial charge in [0.05, 0.1) is 0 Å². The van der Waals surface area contributed by atoms with Crippen molar-refractivity contribution < 1.29 is 9.18 Å². The summed E-state index contributed by atoms with van der Waals surface area (Å²) in [6.45, 7) is 4.33. The maximum absolute atomic E-state index is 13.1. The minimum atomic E-state index is -0.383. The maximum Gasteiger partial charge on any atom is 0.323 e. The third-order valence-electron chi connectivity index (χ3n) is 3.52. The standard InChI is InChI=1S/C18H21FN2O/c1-3-6-13(2)14-7-4-9-16(11-14)20-18(22)21-17-10-5-8-15(19)12-17/h4-5,7-13H,3,6H2,1-2H3,(H2,20,21,22). The highest BCUT2D eigenvalue weighted by Crippen LogP contribution is 2.23. The Balaban J connectivity index is 2.01. The summed E-state index contributed by atoms with van der Waals surface area (Å²) in [6, 6.07) is 13.2. The van der Waals surface area contributed by atoms with Gasteiger partial charge in [-0.05, 0) is 48.2 Å². The number of nitrogens with one attached hydrogen (secondary N) is 2. The van der Waals surface area contributed by atoms with Gasteiger partial charge in [-0.1, -0.05) is 38.5 Å². The Labute approximate surface area is 130 Å². The second-order valence-electron chi connectivity index (χ2n) is 5.40. The van der Waals surface area contributed by atoms with Crippen molar-refractivity contribution in [2.45, 2.75) is 32.6 Å². The summed E-state index contributed by atoms with van der Waals surface area (Å²) in [6.07, 6.45) is 2.23. The topological polar surface area (TPSA) is 41.1 Å². The fraction of sp³-hybridized carbons (Fsp3) is 0.278. The molecule has 116 valence electrons. The van der Waals surface area contributed by atoms with E-state index in [1.807, 2.05) is 18.2 Å². The van der Waals surface area contributed by atoms with E-state index in [0.29, 0.717) is 11.6 Å². The van der Waals surface area contributed by atoms with Crippen molar-refractivity contribution in [3.8, 4) is 0 Å². The molecule has 0 aliphatic heterocycles. The van der Waals surface area contributed by atoms with E-state index in [4.69, 9.17) is 0 Å². The zero-order chi connectivity index (χ0) is 15.9. The van der Waals surface area contributed by atoms with Gasteiger partial charge in [0.2, 0.25) is 0 Å². The molecular formula is C18H21FN2O. The second-order valence-corrected chi connectivity index (χ2v) is 5.40. The number of urea groups is 1. The fourth-order valence-corrected chi connectivity index (χ4v) is 2.38. The molecule has 0 saturated carbocycles. The van der Waals surface area contributed by atoms with E-state index in [-0.39, 0.29) is 11.8 Å². The molecule has 0 heterocycles. The van der Waals surface area contributed by atoms with Crippen LogP contribution >= 0.6 is 0 Å². The predicted molar refractivity (Wildman–Crippen MR) is 88.8 cm³/mol. The molecule has 0 bridgehead atoms. The highest BCUT2D eigenvalue weighted by Gasteiger charge is 2.07. The van der Waals surface area contributed by atoms with Crippen molar-refractivity contribution in [2.75, 3.05) is 10.6 Å². The van der Waals surface area contributed by atoms with Crippen LogP contribution in [0, 0.1) is 5.82 Å². The molecule has 3 nitrogen and oxygen atoms in total. The van der Waals surface area contributed by atoms with E-state index in [2.05, 4.69) is 30.5 Å². The number of anilines is 2. The number of hydrogen-bond donors (Lipinski definition) is 2. The molecule has 0 fully saturated rings. The van der Waals surface area contributed by atoms with E-state index < -0.39 is 0 Å². The number of rotatable bonds is 5. The van der Waals surface area contributed by atoms with Gasteiger partial charge in [-0.15, -0.1) is 0 Å². The summed E-state index contributed by atoms with van der Waals surface area (Å²) in [5, 5.41) is 5.39. The molecule has 1 atom stereocenters. The highest BCUT2D eigenvalue weighted by molar-refractivity contribution is 5.99. The molecule has 0 radical (unpaired) electrons. The lowest BCUT2D eigenvalue weighted by atomic mass is 9.96. The lowest BCUT2D eigenvalue weighted by Gasteiger charge is -2.13. The summed E-state index contributed by atoms with van der Waals surface area (Å²) in [5.41, 5.74) is 2.35. The van der Waals surface area contributed by atoms with Gasteiger partial charge < -0.3 is 10.6 Å². The Bertz CT molecular complexity index is 642. The number of carbonyl (C=O) groups excluding carboxylic acids is 1. The molecule has 2 amide bonds. The molecule has 0 spiro atoms. The molecule has 2 N–H and O–H groups in total. The third-order valence-corrected chi connectivity index (χ3v) is 3.52. The van der Waals surface area contributed by atoms with E-state index in [0.717, 1.165) is 18.5 Å². The van der Waals surface area contributed by atoms with E-state index in [9.17, 15) is 9.18 Å². The SMILES string of the molecule is CCCC(C)c1cccc(NC(=O)Nc2cccc(F)c2)c1. The van der Waals surface area contributed by atoms with Crippen LogP contribution in [-0.4, -0.2) is 6.03 Å². The Morgan fingerprint density at radius 2 is 1.73 bits per heavy atom. The Hall–Kier alpha value is -2.36. The molecule has 0 aliphatic rings. The van der Waals surface area contributed by atoms with Gasteiger partial charge >= 0.3 is 6.03 Å². The summed E-state index contributed by atoms with van der Waals surface area (Å²) >= 11 is 0. The average molecular weight is 300 g/mol. The van der Waals surface area contributed by atoms with E-state index in [1.165, 1.54) is 17.7 Å². The zero-order valence-electron chi connectivity index (χ0n) is 12.9. The van der Waals surface area contributed by atoms with Crippen molar-refractivity contribution in [1.29, 1.82) is 0 Å². The first-order valence-electron chi connectivity index (χ1n) is 7.52. The number of halogens is 1. The Morgan fingerprint density at radius 1 is 1.09 bits per heavy atom. The van der Waals surface area contributed by atoms with E-state index in [1.54, 1.807) is 12.1 Å². The van der Waals surface area contributed by atoms with Crippen molar-refractivity contribution in [3.63, 3.8) is 0 Å². The molecule has 2 aromatic rings. The third kappa shape index (κ3) is 4.58. The average Bonchev–Trinajstić information content (AvgIpc) is 2.47. The molecule has 2 rings (SSSR count). The van der Waals surface area contributed by atoms with Crippen LogP contribution in [0.15, 0.2) is 48.5 Å². The maximum atomic E-state index is 13.1. The molecule has 0 aromatic heterocycles. The van der Waals surface area contributed by atoms with Gasteiger partial charge in [-0.3, -0.25) is 0 Å². The van der Waals surface area contributed by atoms with Gasteiger partial charge in [-0.2, -0.15) is 0 Å². The normalized spacial score (nSPS) is 11.8. The number of carbonyl (C=O) groups is 1. The second kappa shape index (κ2) is 7.59. The number of hydrogen-bond acceptors (Lipinski definition) is 1. The predicted octanol–water partition coefficient (Wildman–Crippen LogP) is 5.37. The highest BCUT2D eigenvalue weighted by atomic mass is 19.1. The monoisotopic (exact) mass is 300 g/mol. The minimum Gasteiger partial charge on any atom is -0.308 e. The smallest absolute Gasteiger partial charge is 0.308 e. The van der Waals surface area contributed by atoms with Crippen LogP contribution in [0.25, 0.3) is 0 Å². The summed E-state index contributed by atoms with van der Waals surface area (Å²) < 4.78 is 13.1. The van der Waals surface area contributed by atoms with Gasteiger partial charge in [0.1, 0.15) is 5.82 Å². The van der Waals surface area contributed by atoms with Crippen LogP contribution in [0.1, 0.15) is 38.2 Å². The van der Waals surface area contributed by atoms with Gasteiger partial charge in [0.25, 0.3) is 0 Å². The molecule has 0 saturated heterocycles. The Morgan fingerprint density at radius 3 is 2.36 bits per heavy atom. The van der Waals surface area contributed by atoms with Crippen molar-refractivity contribution >= 4 is 17.4 Å². The van der Waals surface area contributed by atoms with Crippen molar-refractivity contribution in [2.24, 2.45) is 0 Å². The quantitative estimate of drug-likeness (QED) is 0.765. The number of amides is 2. The van der Waals surface area contributed by atoms with Crippen LogP contribution in [-0.2, 0) is 0 Å². The van der Waals surface area contributed by atoms with Crippen LogP contribution in [0.5, 0.6) is 0 Å². The molecule has 0 aliphatic carbocycles. The first-order valence-corrected chi connectivity index (χ1v) is 7.52. The van der Waals surface area contributed by atoms with Crippen LogP contribution < -0.4 is 10.6 Å². The Kier molecular flexibility index (Phi) is 5.53. The number of benzene rings is 2. The van der Waals surface area contributed by atoms with Gasteiger partial charge in [0.15, 0.2) is 0 Å². The molecular weight excluding hydrogens is 279 g/mol. The molecule has 4 heteroatoms. The molecule has 1 unspecified atom stereocenters. The van der Waals surface area contributed by atoms with E-state index >= 15 is 0 Å². The molecule has 22 heavy (non-hydrogen) atoms. The van der Waals surface area contributed by atoms with Crippen LogP contribution in [0.3, 0.4) is 0 Å². The minimum absolute atomic E-state index is 0.381.